The number of piperidine rings is 1. The van der Waals surface area contributed by atoms with E-state index in [2.05, 4.69) is 5.16 Å². The van der Waals surface area contributed by atoms with Gasteiger partial charge in [0.15, 0.2) is 5.76 Å². The van der Waals surface area contributed by atoms with Crippen molar-refractivity contribution in [1.82, 2.24) is 9.46 Å². The lowest BCUT2D eigenvalue weighted by molar-refractivity contribution is -0.123. The molecule has 8 heteroatoms. The second-order valence-electron chi connectivity index (χ2n) is 7.54. The van der Waals surface area contributed by atoms with Gasteiger partial charge >= 0.3 is 0 Å². The molecule has 1 atom stereocenters. The first-order valence-corrected chi connectivity index (χ1v) is 10.8. The van der Waals surface area contributed by atoms with Crippen LogP contribution in [-0.2, 0) is 14.8 Å². The van der Waals surface area contributed by atoms with Crippen molar-refractivity contribution in [3.8, 4) is 0 Å². The molecule has 0 saturated carbocycles. The topological polar surface area (TPSA) is 83.7 Å². The molecule has 0 N–H and O–H groups in total. The minimum Gasteiger partial charge on any atom is -0.360 e. The van der Waals surface area contributed by atoms with Crippen molar-refractivity contribution in [2.24, 2.45) is 5.92 Å². The Kier molecular flexibility index (Phi) is 5.63. The van der Waals surface area contributed by atoms with Gasteiger partial charge in [0.05, 0.1) is 5.92 Å². The first kappa shape index (κ1) is 20.5. The summed E-state index contributed by atoms with van der Waals surface area (Å²) in [5.41, 5.74) is 3.29. The molecule has 0 aliphatic carbocycles. The largest absolute Gasteiger partial charge is 0.360 e. The Bertz CT molecular complexity index is 977. The molecule has 1 aromatic heterocycles. The van der Waals surface area contributed by atoms with Crippen LogP contribution in [0.5, 0.6) is 0 Å². The van der Waals surface area contributed by atoms with Crippen molar-refractivity contribution in [3.05, 3.63) is 40.8 Å². The average molecular weight is 406 g/mol. The zero-order valence-corrected chi connectivity index (χ0v) is 17.8. The average Bonchev–Trinajstić information content (AvgIpc) is 3.01. The zero-order chi connectivity index (χ0) is 20.6. The fourth-order valence-electron chi connectivity index (χ4n) is 3.81. The molecule has 1 saturated heterocycles. The molecule has 1 fully saturated rings. The number of carbonyl (C=O) groups excluding carboxylic acids is 1. The Hall–Kier alpha value is -2.19. The summed E-state index contributed by atoms with van der Waals surface area (Å²) in [4.78, 5) is 14.9. The molecule has 2 aromatic rings. The smallest absolute Gasteiger partial charge is 0.248 e. The van der Waals surface area contributed by atoms with Crippen LogP contribution < -0.4 is 4.90 Å². The first-order chi connectivity index (χ1) is 13.1. The maximum Gasteiger partial charge on any atom is 0.248 e. The van der Waals surface area contributed by atoms with E-state index in [9.17, 15) is 13.2 Å². The van der Waals surface area contributed by atoms with E-state index in [0.717, 1.165) is 16.8 Å². The van der Waals surface area contributed by atoms with Gasteiger partial charge < -0.3 is 9.42 Å². The molecule has 3 rings (SSSR count). The van der Waals surface area contributed by atoms with E-state index in [0.29, 0.717) is 25.1 Å². The molecule has 152 valence electrons. The van der Waals surface area contributed by atoms with Crippen LogP contribution in [0, 0.1) is 33.6 Å². The Morgan fingerprint density at radius 2 is 1.96 bits per heavy atom. The van der Waals surface area contributed by atoms with Gasteiger partial charge in [-0.1, -0.05) is 17.3 Å². The highest BCUT2D eigenvalue weighted by molar-refractivity contribution is 7.89. The third-order valence-corrected chi connectivity index (χ3v) is 7.47. The maximum absolute atomic E-state index is 13.1. The molecule has 0 radical (unpaired) electrons. The quantitative estimate of drug-likeness (QED) is 0.781. The molecule has 1 amide bonds. The molecule has 0 bridgehead atoms. The van der Waals surface area contributed by atoms with Crippen LogP contribution >= 0.6 is 0 Å². The fourth-order valence-corrected chi connectivity index (χ4v) is 5.62. The van der Waals surface area contributed by atoms with Crippen molar-refractivity contribution in [3.63, 3.8) is 0 Å². The molecule has 0 spiro atoms. The summed E-state index contributed by atoms with van der Waals surface area (Å²) in [5.74, 6) is -0.167. The lowest BCUT2D eigenvalue weighted by Crippen LogP contribution is -2.46. The Morgan fingerprint density at radius 1 is 1.25 bits per heavy atom. The summed E-state index contributed by atoms with van der Waals surface area (Å²) in [6.07, 6.45) is 1.31. The number of hydrogen-bond donors (Lipinski definition) is 0. The van der Waals surface area contributed by atoms with E-state index >= 15 is 0 Å². The third-order valence-electron chi connectivity index (χ3n) is 5.36. The Balaban J connectivity index is 1.83. The summed E-state index contributed by atoms with van der Waals surface area (Å²) in [5, 5.41) is 3.76. The van der Waals surface area contributed by atoms with Gasteiger partial charge in [-0.05, 0) is 57.7 Å². The van der Waals surface area contributed by atoms with Gasteiger partial charge in [0.1, 0.15) is 10.6 Å². The predicted molar refractivity (Wildman–Crippen MR) is 107 cm³/mol. The fraction of sp³-hybridized carbons (Fsp3) is 0.500. The highest BCUT2D eigenvalue weighted by Gasteiger charge is 2.37. The summed E-state index contributed by atoms with van der Waals surface area (Å²) >= 11 is 0. The number of anilines is 1. The molecular weight excluding hydrogens is 378 g/mol. The van der Waals surface area contributed by atoms with Gasteiger partial charge in [-0.3, -0.25) is 4.79 Å². The zero-order valence-electron chi connectivity index (χ0n) is 17.0. The summed E-state index contributed by atoms with van der Waals surface area (Å²) < 4.78 is 32.6. The minimum absolute atomic E-state index is 0.0626. The van der Waals surface area contributed by atoms with Gasteiger partial charge in [0, 0.05) is 25.8 Å². The molecular formula is C20H27N3O4S. The van der Waals surface area contributed by atoms with Crippen LogP contribution in [0.4, 0.5) is 5.69 Å². The van der Waals surface area contributed by atoms with Gasteiger partial charge in [-0.25, -0.2) is 8.42 Å². The number of rotatable bonds is 4. The van der Waals surface area contributed by atoms with Crippen LogP contribution in [0.1, 0.15) is 35.4 Å². The number of amides is 1. The van der Waals surface area contributed by atoms with Crippen molar-refractivity contribution in [2.75, 3.05) is 25.0 Å². The second-order valence-corrected chi connectivity index (χ2v) is 9.42. The van der Waals surface area contributed by atoms with E-state index in [4.69, 9.17) is 4.52 Å². The van der Waals surface area contributed by atoms with Crippen molar-refractivity contribution < 1.29 is 17.7 Å². The molecule has 28 heavy (non-hydrogen) atoms. The molecule has 7 nitrogen and oxygen atoms in total. The number of hydrogen-bond acceptors (Lipinski definition) is 5. The maximum atomic E-state index is 13.1. The van der Waals surface area contributed by atoms with Gasteiger partial charge in [-0.2, -0.15) is 4.31 Å². The standard InChI is InChI=1S/C20H27N3O4S/c1-13-8-9-14(2)18(11-13)22(5)20(24)17-7-6-10-23(12-17)28(25,26)19-15(3)21-27-16(19)4/h8-9,11,17H,6-7,10,12H2,1-5H3. The van der Waals surface area contributed by atoms with E-state index in [1.165, 1.54) is 4.31 Å². The van der Waals surface area contributed by atoms with Gasteiger partial charge in [-0.15, -0.1) is 0 Å². The third kappa shape index (κ3) is 3.71. The highest BCUT2D eigenvalue weighted by Crippen LogP contribution is 2.30. The number of carbonyl (C=O) groups is 1. The number of sulfonamides is 1. The SMILES string of the molecule is Cc1ccc(C)c(N(C)C(=O)C2CCCN(S(=O)(=O)c3c(C)noc3C)C2)c1. The first-order valence-electron chi connectivity index (χ1n) is 9.40. The van der Waals surface area contributed by atoms with Crippen molar-refractivity contribution >= 4 is 21.6 Å². The predicted octanol–water partition coefficient (Wildman–Crippen LogP) is 2.97. The van der Waals surface area contributed by atoms with Crippen LogP contribution in [0.15, 0.2) is 27.6 Å². The van der Waals surface area contributed by atoms with Crippen LogP contribution in [0.2, 0.25) is 0 Å². The van der Waals surface area contributed by atoms with E-state index in [1.807, 2.05) is 32.0 Å². The van der Waals surface area contributed by atoms with Crippen molar-refractivity contribution in [2.45, 2.75) is 45.4 Å². The lowest BCUT2D eigenvalue weighted by atomic mass is 9.97. The van der Waals surface area contributed by atoms with E-state index in [1.54, 1.807) is 25.8 Å². The van der Waals surface area contributed by atoms with E-state index in [-0.39, 0.29) is 29.0 Å². The molecule has 1 aliphatic heterocycles. The highest BCUT2D eigenvalue weighted by atomic mass is 32.2. The van der Waals surface area contributed by atoms with Crippen LogP contribution in [-0.4, -0.2) is 43.9 Å². The number of nitrogens with zero attached hydrogens (tertiary/aromatic N) is 3. The van der Waals surface area contributed by atoms with Crippen LogP contribution in [0.25, 0.3) is 0 Å². The Morgan fingerprint density at radius 3 is 2.61 bits per heavy atom. The second kappa shape index (κ2) is 7.67. The molecule has 1 aliphatic rings. The monoisotopic (exact) mass is 405 g/mol. The van der Waals surface area contributed by atoms with Crippen LogP contribution in [0.3, 0.4) is 0 Å². The molecule has 1 unspecified atom stereocenters. The summed E-state index contributed by atoms with van der Waals surface area (Å²) in [6, 6.07) is 5.98. The molecule has 1 aromatic carbocycles. The van der Waals surface area contributed by atoms with Gasteiger partial charge in [0.25, 0.3) is 0 Å². The number of benzene rings is 1. The number of aryl methyl sites for hydroxylation is 4. The number of aromatic nitrogens is 1. The summed E-state index contributed by atoms with van der Waals surface area (Å²) in [6.45, 7) is 7.72. The van der Waals surface area contributed by atoms with Crippen molar-refractivity contribution in [1.29, 1.82) is 0 Å². The normalized spacial score (nSPS) is 18.2. The summed E-state index contributed by atoms with van der Waals surface area (Å²) in [7, 11) is -1.99. The van der Waals surface area contributed by atoms with E-state index < -0.39 is 10.0 Å². The lowest BCUT2D eigenvalue weighted by Gasteiger charge is -2.33. The molecule has 2 heterocycles. The van der Waals surface area contributed by atoms with Gasteiger partial charge in [0.2, 0.25) is 15.9 Å². The minimum atomic E-state index is -3.75. The Labute approximate surface area is 166 Å².